The lowest BCUT2D eigenvalue weighted by Gasteiger charge is -2.25. The summed E-state index contributed by atoms with van der Waals surface area (Å²) in [4.78, 5) is 4.46. The van der Waals surface area contributed by atoms with Crippen molar-refractivity contribution in [1.29, 1.82) is 0 Å². The highest BCUT2D eigenvalue weighted by Crippen LogP contribution is 2.26. The van der Waals surface area contributed by atoms with Crippen LogP contribution in [-0.2, 0) is 12.8 Å². The number of hydrogen-bond acceptors (Lipinski definition) is 2. The molecule has 16 heavy (non-hydrogen) atoms. The minimum Gasteiger partial charge on any atom is -0.393 e. The Hall–Kier alpha value is -0.890. The van der Waals surface area contributed by atoms with Crippen molar-refractivity contribution in [2.24, 2.45) is 5.41 Å². The van der Waals surface area contributed by atoms with E-state index in [2.05, 4.69) is 37.9 Å². The van der Waals surface area contributed by atoms with E-state index in [-0.39, 0.29) is 11.5 Å². The summed E-state index contributed by atoms with van der Waals surface area (Å²) in [6.45, 7) is 8.33. The third-order valence-corrected chi connectivity index (χ3v) is 2.80. The van der Waals surface area contributed by atoms with Gasteiger partial charge in [-0.15, -0.1) is 0 Å². The zero-order valence-electron chi connectivity index (χ0n) is 10.8. The Kier molecular flexibility index (Phi) is 4.48. The Balaban J connectivity index is 2.64. The van der Waals surface area contributed by atoms with E-state index in [9.17, 15) is 5.11 Å². The fraction of sp³-hybridized carbons (Fsp3) is 0.643. The molecule has 90 valence electrons. The molecule has 0 fully saturated rings. The van der Waals surface area contributed by atoms with Gasteiger partial charge in [-0.25, -0.2) is 0 Å². The SMILES string of the molecule is CCc1ccc(CC(C)(C)CC(C)O)nc1. The van der Waals surface area contributed by atoms with Crippen molar-refractivity contribution in [2.45, 2.75) is 53.1 Å². The third kappa shape index (κ3) is 4.31. The standard InChI is InChI=1S/C14H23NO/c1-5-12-6-7-13(15-10-12)9-14(3,4)8-11(2)16/h6-7,10-11,16H,5,8-9H2,1-4H3. The number of hydrogen-bond donors (Lipinski definition) is 1. The second-order valence-electron chi connectivity index (χ2n) is 5.41. The number of pyridine rings is 1. The summed E-state index contributed by atoms with van der Waals surface area (Å²) in [5.41, 5.74) is 2.49. The smallest absolute Gasteiger partial charge is 0.0517 e. The van der Waals surface area contributed by atoms with Crippen LogP contribution in [0.5, 0.6) is 0 Å². The monoisotopic (exact) mass is 221 g/mol. The second kappa shape index (κ2) is 5.44. The molecule has 1 N–H and O–H groups in total. The molecule has 1 aromatic heterocycles. The van der Waals surface area contributed by atoms with Crippen LogP contribution in [0.3, 0.4) is 0 Å². The summed E-state index contributed by atoms with van der Waals surface area (Å²) in [6.07, 6.45) is 4.47. The maximum atomic E-state index is 9.43. The summed E-state index contributed by atoms with van der Waals surface area (Å²) in [5, 5.41) is 9.43. The first-order valence-corrected chi connectivity index (χ1v) is 6.05. The Morgan fingerprint density at radius 2 is 2.06 bits per heavy atom. The van der Waals surface area contributed by atoms with Gasteiger partial charge in [0.2, 0.25) is 0 Å². The van der Waals surface area contributed by atoms with Crippen LogP contribution in [0.4, 0.5) is 0 Å². The van der Waals surface area contributed by atoms with E-state index in [0.717, 1.165) is 25.0 Å². The van der Waals surface area contributed by atoms with Gasteiger partial charge in [-0.3, -0.25) is 4.98 Å². The van der Waals surface area contributed by atoms with Gasteiger partial charge in [0.15, 0.2) is 0 Å². The van der Waals surface area contributed by atoms with Crippen molar-refractivity contribution >= 4 is 0 Å². The number of aliphatic hydroxyl groups is 1. The van der Waals surface area contributed by atoms with Crippen molar-refractivity contribution in [3.8, 4) is 0 Å². The largest absolute Gasteiger partial charge is 0.393 e. The third-order valence-electron chi connectivity index (χ3n) is 2.80. The fourth-order valence-electron chi connectivity index (χ4n) is 2.13. The normalized spacial score (nSPS) is 13.8. The summed E-state index contributed by atoms with van der Waals surface area (Å²) in [6, 6.07) is 4.24. The van der Waals surface area contributed by atoms with Crippen LogP contribution in [0, 0.1) is 5.41 Å². The lowest BCUT2D eigenvalue weighted by molar-refractivity contribution is 0.129. The first-order chi connectivity index (χ1) is 7.43. The van der Waals surface area contributed by atoms with E-state index >= 15 is 0 Å². The number of aryl methyl sites for hydroxylation is 1. The van der Waals surface area contributed by atoms with E-state index in [4.69, 9.17) is 0 Å². The molecule has 0 bridgehead atoms. The Bertz CT molecular complexity index is 314. The molecule has 0 aliphatic rings. The van der Waals surface area contributed by atoms with Gasteiger partial charge in [0.1, 0.15) is 0 Å². The molecule has 0 aliphatic carbocycles. The van der Waals surface area contributed by atoms with Gasteiger partial charge >= 0.3 is 0 Å². The van der Waals surface area contributed by atoms with E-state index in [0.29, 0.717) is 0 Å². The highest BCUT2D eigenvalue weighted by Gasteiger charge is 2.21. The predicted octanol–water partition coefficient (Wildman–Crippen LogP) is 2.98. The molecule has 0 spiro atoms. The van der Waals surface area contributed by atoms with Crippen LogP contribution >= 0.6 is 0 Å². The van der Waals surface area contributed by atoms with Gasteiger partial charge in [0.25, 0.3) is 0 Å². The van der Waals surface area contributed by atoms with Crippen molar-refractivity contribution in [3.05, 3.63) is 29.6 Å². The average molecular weight is 221 g/mol. The average Bonchev–Trinajstić information content (AvgIpc) is 2.16. The minimum atomic E-state index is -0.245. The Morgan fingerprint density at radius 1 is 1.38 bits per heavy atom. The number of rotatable bonds is 5. The van der Waals surface area contributed by atoms with Gasteiger partial charge in [0, 0.05) is 11.9 Å². The molecule has 0 saturated heterocycles. The summed E-state index contributed by atoms with van der Waals surface area (Å²) in [5.74, 6) is 0. The van der Waals surface area contributed by atoms with Crippen molar-refractivity contribution in [3.63, 3.8) is 0 Å². The van der Waals surface area contributed by atoms with Crippen molar-refractivity contribution in [1.82, 2.24) is 4.98 Å². The molecule has 2 nitrogen and oxygen atoms in total. The molecule has 1 heterocycles. The van der Waals surface area contributed by atoms with Crippen LogP contribution in [0.25, 0.3) is 0 Å². The number of aromatic nitrogens is 1. The molecule has 1 atom stereocenters. The Labute approximate surface area is 98.7 Å². The molecular formula is C14H23NO. The maximum absolute atomic E-state index is 9.43. The lowest BCUT2D eigenvalue weighted by atomic mass is 9.82. The second-order valence-corrected chi connectivity index (χ2v) is 5.41. The van der Waals surface area contributed by atoms with Crippen LogP contribution < -0.4 is 0 Å². The summed E-state index contributed by atoms with van der Waals surface area (Å²) >= 11 is 0. The number of nitrogens with zero attached hydrogens (tertiary/aromatic N) is 1. The van der Waals surface area contributed by atoms with Crippen LogP contribution in [-0.4, -0.2) is 16.2 Å². The van der Waals surface area contributed by atoms with Gasteiger partial charge in [-0.05, 0) is 43.2 Å². The highest BCUT2D eigenvalue weighted by molar-refractivity contribution is 5.14. The summed E-state index contributed by atoms with van der Waals surface area (Å²) in [7, 11) is 0. The van der Waals surface area contributed by atoms with E-state index in [1.165, 1.54) is 5.56 Å². The van der Waals surface area contributed by atoms with E-state index < -0.39 is 0 Å². The molecule has 1 unspecified atom stereocenters. The lowest BCUT2D eigenvalue weighted by Crippen LogP contribution is -2.21. The van der Waals surface area contributed by atoms with Crippen LogP contribution in [0.15, 0.2) is 18.3 Å². The molecule has 0 aromatic carbocycles. The molecular weight excluding hydrogens is 198 g/mol. The van der Waals surface area contributed by atoms with E-state index in [1.807, 2.05) is 13.1 Å². The molecule has 1 aromatic rings. The molecule has 2 heteroatoms. The molecule has 0 radical (unpaired) electrons. The highest BCUT2D eigenvalue weighted by atomic mass is 16.3. The predicted molar refractivity (Wildman–Crippen MR) is 67.4 cm³/mol. The van der Waals surface area contributed by atoms with Crippen molar-refractivity contribution in [2.75, 3.05) is 0 Å². The molecule has 1 rings (SSSR count). The number of aliphatic hydroxyl groups excluding tert-OH is 1. The first kappa shape index (κ1) is 13.2. The van der Waals surface area contributed by atoms with E-state index in [1.54, 1.807) is 0 Å². The van der Waals surface area contributed by atoms with Gasteiger partial charge in [-0.1, -0.05) is 26.8 Å². The molecule has 0 amide bonds. The zero-order valence-corrected chi connectivity index (χ0v) is 10.8. The van der Waals surface area contributed by atoms with Crippen LogP contribution in [0.2, 0.25) is 0 Å². The first-order valence-electron chi connectivity index (χ1n) is 6.05. The van der Waals surface area contributed by atoms with Gasteiger partial charge < -0.3 is 5.11 Å². The quantitative estimate of drug-likeness (QED) is 0.829. The maximum Gasteiger partial charge on any atom is 0.0517 e. The molecule has 0 saturated carbocycles. The zero-order chi connectivity index (χ0) is 12.2. The fourth-order valence-corrected chi connectivity index (χ4v) is 2.13. The minimum absolute atomic E-state index is 0.106. The summed E-state index contributed by atoms with van der Waals surface area (Å²) < 4.78 is 0. The Morgan fingerprint density at radius 3 is 2.50 bits per heavy atom. The van der Waals surface area contributed by atoms with Crippen molar-refractivity contribution < 1.29 is 5.11 Å². The van der Waals surface area contributed by atoms with Gasteiger partial charge in [-0.2, -0.15) is 0 Å². The van der Waals surface area contributed by atoms with Crippen LogP contribution in [0.1, 0.15) is 45.4 Å². The topological polar surface area (TPSA) is 33.1 Å². The molecule has 0 aliphatic heterocycles. The van der Waals surface area contributed by atoms with Gasteiger partial charge in [0.05, 0.1) is 6.10 Å².